The maximum atomic E-state index is 12.4. The van der Waals surface area contributed by atoms with Crippen LogP contribution in [0, 0.1) is 13.8 Å². The lowest BCUT2D eigenvalue weighted by Gasteiger charge is -2.35. The number of rotatable bonds is 5. The first-order valence-electron chi connectivity index (χ1n) is 8.78. The first kappa shape index (κ1) is 19.2. The van der Waals surface area contributed by atoms with Crippen LogP contribution in [0.1, 0.15) is 43.4 Å². The number of aryl methyl sites for hydroxylation is 2. The third-order valence-electron chi connectivity index (χ3n) is 4.58. The summed E-state index contributed by atoms with van der Waals surface area (Å²) in [4.78, 5) is 18.8. The summed E-state index contributed by atoms with van der Waals surface area (Å²) in [5.41, 5.74) is 5.21. The maximum absolute atomic E-state index is 12.4. The zero-order chi connectivity index (χ0) is 18.6. The largest absolute Gasteiger partial charge is 0.463 e. The Kier molecular flexibility index (Phi) is 6.37. The van der Waals surface area contributed by atoms with Crippen molar-refractivity contribution in [3.63, 3.8) is 0 Å². The van der Waals surface area contributed by atoms with E-state index < -0.39 is 0 Å². The third-order valence-corrected chi connectivity index (χ3v) is 4.58. The Morgan fingerprint density at radius 3 is 2.56 bits per heavy atom. The Morgan fingerprint density at radius 1 is 1.36 bits per heavy atom. The van der Waals surface area contributed by atoms with Crippen molar-refractivity contribution < 1.29 is 14.6 Å². The van der Waals surface area contributed by atoms with Crippen LogP contribution in [0.5, 0.6) is 0 Å². The standard InChI is InChI=1S/C20H28N2O3/c1-6-25-20(24)15(4)19(22-9-7-16(23)8-10-22)17-12-13(2)11-14(3)18(17)21-5/h11-12,16,23H,5-10H2,1-4H3/b19-15-. The highest BCUT2D eigenvalue weighted by Gasteiger charge is 2.26. The second-order valence-corrected chi connectivity index (χ2v) is 6.55. The van der Waals surface area contributed by atoms with Gasteiger partial charge in [0.15, 0.2) is 0 Å². The van der Waals surface area contributed by atoms with Gasteiger partial charge < -0.3 is 14.7 Å². The molecule has 0 bridgehead atoms. The van der Waals surface area contributed by atoms with Gasteiger partial charge >= 0.3 is 5.97 Å². The van der Waals surface area contributed by atoms with Gasteiger partial charge in [-0.15, -0.1) is 0 Å². The second kappa shape index (κ2) is 8.30. The molecule has 1 aromatic carbocycles. The number of hydrogen-bond acceptors (Lipinski definition) is 5. The van der Waals surface area contributed by atoms with Crippen LogP contribution < -0.4 is 0 Å². The zero-order valence-electron chi connectivity index (χ0n) is 15.6. The number of hydrogen-bond donors (Lipinski definition) is 1. The van der Waals surface area contributed by atoms with Gasteiger partial charge in [-0.2, -0.15) is 0 Å². The number of aliphatic imine (C=N–C) groups is 1. The van der Waals surface area contributed by atoms with Crippen molar-refractivity contribution in [2.45, 2.75) is 46.6 Å². The van der Waals surface area contributed by atoms with Crippen LogP contribution in [0.15, 0.2) is 22.7 Å². The minimum Gasteiger partial charge on any atom is -0.463 e. The molecule has 5 heteroatoms. The number of aliphatic hydroxyl groups excluding tert-OH is 1. The fourth-order valence-electron chi connectivity index (χ4n) is 3.39. The second-order valence-electron chi connectivity index (χ2n) is 6.55. The average molecular weight is 344 g/mol. The van der Waals surface area contributed by atoms with E-state index in [9.17, 15) is 9.90 Å². The van der Waals surface area contributed by atoms with E-state index >= 15 is 0 Å². The molecule has 1 heterocycles. The monoisotopic (exact) mass is 344 g/mol. The molecule has 0 aliphatic carbocycles. The number of aliphatic hydroxyl groups is 1. The first-order chi connectivity index (χ1) is 11.9. The summed E-state index contributed by atoms with van der Waals surface area (Å²) in [5, 5.41) is 9.84. The number of nitrogens with zero attached hydrogens (tertiary/aromatic N) is 2. The summed E-state index contributed by atoms with van der Waals surface area (Å²) in [6.45, 7) is 13.1. The highest BCUT2D eigenvalue weighted by atomic mass is 16.5. The molecular formula is C20H28N2O3. The van der Waals surface area contributed by atoms with Crippen LogP contribution >= 0.6 is 0 Å². The third kappa shape index (κ3) is 4.28. The number of likely N-dealkylation sites (tertiary alicyclic amines) is 1. The first-order valence-corrected chi connectivity index (χ1v) is 8.78. The molecule has 1 saturated heterocycles. The Bertz CT molecular complexity index is 686. The predicted molar refractivity (Wildman–Crippen MR) is 101 cm³/mol. The predicted octanol–water partition coefficient (Wildman–Crippen LogP) is 3.39. The summed E-state index contributed by atoms with van der Waals surface area (Å²) in [7, 11) is 0. The zero-order valence-corrected chi connectivity index (χ0v) is 15.6. The molecule has 0 saturated carbocycles. The molecule has 136 valence electrons. The molecule has 1 aliphatic rings. The molecule has 1 aromatic rings. The van der Waals surface area contributed by atoms with Crippen molar-refractivity contribution in [2.75, 3.05) is 19.7 Å². The van der Waals surface area contributed by atoms with Crippen LogP contribution in [-0.4, -0.2) is 48.5 Å². The van der Waals surface area contributed by atoms with Crippen LogP contribution in [0.3, 0.4) is 0 Å². The van der Waals surface area contributed by atoms with Crippen molar-refractivity contribution in [2.24, 2.45) is 4.99 Å². The number of carbonyl (C=O) groups is 1. The van der Waals surface area contributed by atoms with Gasteiger partial charge in [0.05, 0.1) is 29.7 Å². The van der Waals surface area contributed by atoms with Gasteiger partial charge in [0.2, 0.25) is 0 Å². The highest BCUT2D eigenvalue weighted by molar-refractivity contribution is 5.98. The van der Waals surface area contributed by atoms with E-state index in [0.29, 0.717) is 38.1 Å². The van der Waals surface area contributed by atoms with E-state index in [0.717, 1.165) is 28.1 Å². The lowest BCUT2D eigenvalue weighted by atomic mass is 9.96. The molecule has 1 aliphatic heterocycles. The van der Waals surface area contributed by atoms with Crippen molar-refractivity contribution >= 4 is 24.1 Å². The molecule has 0 radical (unpaired) electrons. The van der Waals surface area contributed by atoms with Crippen LogP contribution in [0.25, 0.3) is 5.70 Å². The summed E-state index contributed by atoms with van der Waals surface area (Å²) in [6, 6.07) is 4.10. The number of piperidine rings is 1. The van der Waals surface area contributed by atoms with Gasteiger partial charge in [0.1, 0.15) is 0 Å². The Balaban J connectivity index is 2.62. The summed E-state index contributed by atoms with van der Waals surface area (Å²) in [6.07, 6.45) is 1.08. The van der Waals surface area contributed by atoms with E-state index in [1.54, 1.807) is 13.8 Å². The molecular weight excluding hydrogens is 316 g/mol. The van der Waals surface area contributed by atoms with E-state index in [1.165, 1.54) is 0 Å². The number of benzene rings is 1. The molecule has 1 N–H and O–H groups in total. The molecule has 1 fully saturated rings. The summed E-state index contributed by atoms with van der Waals surface area (Å²) >= 11 is 0. The van der Waals surface area contributed by atoms with Crippen molar-refractivity contribution in [3.8, 4) is 0 Å². The van der Waals surface area contributed by atoms with Gasteiger partial charge in [-0.05, 0) is 58.9 Å². The molecule has 0 aromatic heterocycles. The van der Waals surface area contributed by atoms with Crippen LogP contribution in [-0.2, 0) is 9.53 Å². The van der Waals surface area contributed by atoms with Gasteiger partial charge in [0.25, 0.3) is 0 Å². The van der Waals surface area contributed by atoms with Crippen LogP contribution in [0.4, 0.5) is 5.69 Å². The fourth-order valence-corrected chi connectivity index (χ4v) is 3.39. The van der Waals surface area contributed by atoms with Crippen molar-refractivity contribution in [1.82, 2.24) is 4.90 Å². The smallest absolute Gasteiger partial charge is 0.335 e. The number of ether oxygens (including phenoxy) is 1. The van der Waals surface area contributed by atoms with Gasteiger partial charge in [-0.1, -0.05) is 11.6 Å². The average Bonchev–Trinajstić information content (AvgIpc) is 2.56. The summed E-state index contributed by atoms with van der Waals surface area (Å²) in [5.74, 6) is -0.321. The van der Waals surface area contributed by atoms with Crippen molar-refractivity contribution in [3.05, 3.63) is 34.4 Å². The van der Waals surface area contributed by atoms with Crippen LogP contribution in [0.2, 0.25) is 0 Å². The Labute approximate surface area is 150 Å². The minimum atomic E-state index is -0.321. The molecule has 0 spiro atoms. The quantitative estimate of drug-likeness (QED) is 0.505. The maximum Gasteiger partial charge on any atom is 0.335 e. The molecule has 0 amide bonds. The van der Waals surface area contributed by atoms with Gasteiger partial charge in [-0.3, -0.25) is 4.99 Å². The summed E-state index contributed by atoms with van der Waals surface area (Å²) < 4.78 is 5.23. The molecule has 0 atom stereocenters. The lowest BCUT2D eigenvalue weighted by molar-refractivity contribution is -0.138. The number of esters is 1. The van der Waals surface area contributed by atoms with Gasteiger partial charge in [0, 0.05) is 18.7 Å². The van der Waals surface area contributed by atoms with E-state index in [2.05, 4.69) is 22.7 Å². The van der Waals surface area contributed by atoms with E-state index in [1.807, 2.05) is 19.9 Å². The van der Waals surface area contributed by atoms with Crippen molar-refractivity contribution in [1.29, 1.82) is 0 Å². The Morgan fingerprint density at radius 2 is 2.00 bits per heavy atom. The highest BCUT2D eigenvalue weighted by Crippen LogP contribution is 2.36. The fraction of sp³-hybridized carbons (Fsp3) is 0.500. The topological polar surface area (TPSA) is 62.1 Å². The number of carbonyl (C=O) groups excluding carboxylic acids is 1. The lowest BCUT2D eigenvalue weighted by Crippen LogP contribution is -2.35. The molecule has 5 nitrogen and oxygen atoms in total. The van der Waals surface area contributed by atoms with Gasteiger partial charge in [-0.25, -0.2) is 4.79 Å². The molecule has 25 heavy (non-hydrogen) atoms. The molecule has 2 rings (SSSR count). The normalized spacial score (nSPS) is 16.4. The van der Waals surface area contributed by atoms with E-state index in [-0.39, 0.29) is 12.1 Å². The minimum absolute atomic E-state index is 0.281. The van der Waals surface area contributed by atoms with E-state index in [4.69, 9.17) is 4.74 Å². The Hall–Kier alpha value is -2.14. The molecule has 0 unspecified atom stereocenters. The SMILES string of the molecule is C=Nc1c(C)cc(C)cc1/C(=C(\C)C(=O)OCC)N1CCC(O)CC1.